The first kappa shape index (κ1) is 9.77. The van der Waals surface area contributed by atoms with Gasteiger partial charge in [0.2, 0.25) is 5.78 Å². The number of rotatable bonds is 0. The first-order chi connectivity index (χ1) is 8.74. The second-order valence-electron chi connectivity index (χ2n) is 3.80. The van der Waals surface area contributed by atoms with Crippen molar-refractivity contribution in [3.63, 3.8) is 0 Å². The molecule has 1 aliphatic carbocycles. The first-order valence-electron chi connectivity index (χ1n) is 5.05. The lowest BCUT2D eigenvalue weighted by Crippen LogP contribution is -2.06. The number of hydrogen-bond donors (Lipinski definition) is 0. The number of ketones is 1. The summed E-state index contributed by atoms with van der Waals surface area (Å²) in [6.07, 6.45) is 0. The Labute approximate surface area is 108 Å². The Morgan fingerprint density at radius 3 is 2.94 bits per heavy atom. The normalized spacial score (nSPS) is 12.8. The summed E-state index contributed by atoms with van der Waals surface area (Å²) < 4.78 is 2.03. The molecule has 0 unspecified atom stereocenters. The van der Waals surface area contributed by atoms with Gasteiger partial charge in [-0.3, -0.25) is 4.79 Å². The molecule has 0 fully saturated rings. The zero-order chi connectivity index (χ0) is 12.3. The molecule has 0 N–H and O–H groups in total. The van der Waals surface area contributed by atoms with Gasteiger partial charge < -0.3 is 0 Å². The van der Waals surface area contributed by atoms with Crippen LogP contribution in [0.3, 0.4) is 0 Å². The number of halogens is 1. The number of carbonyl (C=O) groups excluding carboxylic acids is 1. The summed E-state index contributed by atoms with van der Waals surface area (Å²) in [5.74, 6) is 0.117. The number of tetrazole rings is 1. The molecule has 0 radical (unpaired) electrons. The average Bonchev–Trinajstić information content (AvgIpc) is 2.92. The second kappa shape index (κ2) is 3.16. The fraction of sp³-hybridized carbons (Fsp3) is 0. The molecule has 2 heterocycles. The Morgan fingerprint density at radius 1 is 1.17 bits per heavy atom. The topological polar surface area (TPSA) is 85.9 Å². The van der Waals surface area contributed by atoms with Crippen LogP contribution >= 0.6 is 15.9 Å². The van der Waals surface area contributed by atoms with E-state index < -0.39 is 0 Å². The van der Waals surface area contributed by atoms with Gasteiger partial charge in [-0.1, -0.05) is 25.7 Å². The summed E-state index contributed by atoms with van der Waals surface area (Å²) in [6, 6.07) is 5.40. The molecule has 1 aliphatic rings. The summed E-state index contributed by atoms with van der Waals surface area (Å²) in [7, 11) is 0. The van der Waals surface area contributed by atoms with Gasteiger partial charge in [0.05, 0.1) is 0 Å². The van der Waals surface area contributed by atoms with Gasteiger partial charge >= 0.3 is 0 Å². The van der Waals surface area contributed by atoms with Crippen LogP contribution in [0.15, 0.2) is 22.7 Å². The van der Waals surface area contributed by atoms with Crippen molar-refractivity contribution in [1.82, 2.24) is 30.2 Å². The van der Waals surface area contributed by atoms with Gasteiger partial charge in [-0.2, -0.15) is 0 Å². The van der Waals surface area contributed by atoms with Gasteiger partial charge in [-0.05, 0) is 28.6 Å². The van der Waals surface area contributed by atoms with E-state index in [9.17, 15) is 4.79 Å². The van der Waals surface area contributed by atoms with Crippen LogP contribution in [0.1, 0.15) is 16.1 Å². The van der Waals surface area contributed by atoms with Crippen molar-refractivity contribution in [2.75, 3.05) is 0 Å². The fourth-order valence-electron chi connectivity index (χ4n) is 1.98. The lowest BCUT2D eigenvalue weighted by atomic mass is 10.1. The Hall–Kier alpha value is -2.22. The van der Waals surface area contributed by atoms with Crippen molar-refractivity contribution >= 4 is 27.5 Å². The molecule has 2 aromatic heterocycles. The Morgan fingerprint density at radius 2 is 2.06 bits per heavy atom. The minimum Gasteiger partial charge on any atom is -0.287 e. The number of benzene rings is 1. The molecule has 0 saturated carbocycles. The van der Waals surface area contributed by atoms with Crippen LogP contribution in [-0.4, -0.2) is 36.0 Å². The third-order valence-corrected chi connectivity index (χ3v) is 3.26. The summed E-state index contributed by atoms with van der Waals surface area (Å²) in [4.78, 5) is 16.4. The molecule has 0 atom stereocenters. The van der Waals surface area contributed by atoms with Gasteiger partial charge in [0.25, 0.3) is 5.78 Å². The zero-order valence-corrected chi connectivity index (χ0v) is 10.3. The van der Waals surface area contributed by atoms with Crippen molar-refractivity contribution in [3.8, 4) is 11.3 Å². The molecule has 8 heteroatoms. The minimum absolute atomic E-state index is 0.155. The maximum absolute atomic E-state index is 12.2. The third kappa shape index (κ3) is 1.12. The Bertz CT molecular complexity index is 826. The van der Waals surface area contributed by atoms with Crippen LogP contribution in [0, 0.1) is 0 Å². The molecule has 4 rings (SSSR count). The number of nitrogens with zero attached hydrogens (tertiary/aromatic N) is 6. The van der Waals surface area contributed by atoms with Crippen LogP contribution < -0.4 is 0 Å². The summed E-state index contributed by atoms with van der Waals surface area (Å²) in [5, 5.41) is 14.9. The molecule has 3 aromatic rings. The summed E-state index contributed by atoms with van der Waals surface area (Å²) in [6.45, 7) is 0. The Balaban J connectivity index is 2.13. The van der Waals surface area contributed by atoms with E-state index in [1.807, 2.05) is 12.1 Å². The smallest absolute Gasteiger partial charge is 0.287 e. The van der Waals surface area contributed by atoms with E-state index in [1.165, 1.54) is 0 Å². The van der Waals surface area contributed by atoms with Crippen molar-refractivity contribution in [3.05, 3.63) is 33.9 Å². The molecule has 0 bridgehead atoms. The molecule has 7 nitrogen and oxygen atoms in total. The van der Waals surface area contributed by atoms with E-state index in [4.69, 9.17) is 0 Å². The number of fused-ring (bicyclic) bond motifs is 4. The third-order valence-electron chi connectivity index (χ3n) is 2.77. The fourth-order valence-corrected chi connectivity index (χ4v) is 2.34. The highest BCUT2D eigenvalue weighted by atomic mass is 79.9. The van der Waals surface area contributed by atoms with Crippen LogP contribution in [0.25, 0.3) is 17.0 Å². The highest BCUT2D eigenvalue weighted by Crippen LogP contribution is 2.35. The van der Waals surface area contributed by atoms with Gasteiger partial charge in [0, 0.05) is 15.6 Å². The van der Waals surface area contributed by atoms with E-state index in [1.54, 1.807) is 6.07 Å². The van der Waals surface area contributed by atoms with Crippen LogP contribution in [0.2, 0.25) is 0 Å². The van der Waals surface area contributed by atoms with Crippen molar-refractivity contribution in [1.29, 1.82) is 0 Å². The average molecular weight is 303 g/mol. The lowest BCUT2D eigenvalue weighted by molar-refractivity contribution is 0.103. The molecule has 0 amide bonds. The first-order valence-corrected chi connectivity index (χ1v) is 5.84. The maximum Gasteiger partial charge on any atom is 0.291 e. The minimum atomic E-state index is -0.155. The van der Waals surface area contributed by atoms with Gasteiger partial charge in [-0.15, -0.1) is 5.10 Å². The van der Waals surface area contributed by atoms with Crippen molar-refractivity contribution in [2.45, 2.75) is 0 Å². The van der Waals surface area contributed by atoms with E-state index >= 15 is 0 Å². The molecular weight excluding hydrogens is 300 g/mol. The SMILES string of the molecule is O=C1c2ccc(Br)cc2-c2nc3nnnn3nc21. The molecule has 18 heavy (non-hydrogen) atoms. The summed E-state index contributed by atoms with van der Waals surface area (Å²) in [5.41, 5.74) is 2.15. The maximum atomic E-state index is 12.2. The molecule has 0 saturated heterocycles. The van der Waals surface area contributed by atoms with Crippen molar-refractivity contribution in [2.24, 2.45) is 0 Å². The Kier molecular flexibility index (Phi) is 1.72. The van der Waals surface area contributed by atoms with Gasteiger partial charge in [-0.25, -0.2) is 4.98 Å². The molecule has 1 aromatic carbocycles. The van der Waals surface area contributed by atoms with E-state index in [0.29, 0.717) is 11.3 Å². The summed E-state index contributed by atoms with van der Waals surface area (Å²) >= 11 is 3.37. The largest absolute Gasteiger partial charge is 0.291 e. The number of aromatic nitrogens is 6. The van der Waals surface area contributed by atoms with Crippen LogP contribution in [0.5, 0.6) is 0 Å². The van der Waals surface area contributed by atoms with E-state index in [2.05, 4.69) is 41.5 Å². The standard InChI is InChI=1S/C10H3BrN6O/c11-4-1-2-5-6(3-4)7-8(9(5)18)14-17-10(12-7)13-15-16-17/h1-3H. The molecule has 86 valence electrons. The van der Waals surface area contributed by atoms with Crippen LogP contribution in [0.4, 0.5) is 0 Å². The number of hydrogen-bond acceptors (Lipinski definition) is 6. The highest BCUT2D eigenvalue weighted by molar-refractivity contribution is 9.10. The molecular formula is C10H3BrN6O. The lowest BCUT2D eigenvalue weighted by Gasteiger charge is -1.98. The second-order valence-corrected chi connectivity index (χ2v) is 4.71. The molecule has 0 spiro atoms. The predicted octanol–water partition coefficient (Wildman–Crippen LogP) is 0.888. The zero-order valence-electron chi connectivity index (χ0n) is 8.70. The van der Waals surface area contributed by atoms with E-state index in [-0.39, 0.29) is 17.3 Å². The van der Waals surface area contributed by atoms with Crippen molar-refractivity contribution < 1.29 is 4.79 Å². The molecule has 0 aliphatic heterocycles. The van der Waals surface area contributed by atoms with E-state index in [0.717, 1.165) is 14.7 Å². The van der Waals surface area contributed by atoms with Gasteiger partial charge in [0.1, 0.15) is 5.69 Å². The highest BCUT2D eigenvalue weighted by Gasteiger charge is 2.31. The van der Waals surface area contributed by atoms with Gasteiger partial charge in [0.15, 0.2) is 5.69 Å². The quantitative estimate of drug-likeness (QED) is 0.479. The van der Waals surface area contributed by atoms with Crippen LogP contribution in [-0.2, 0) is 0 Å². The monoisotopic (exact) mass is 302 g/mol. The predicted molar refractivity (Wildman–Crippen MR) is 62.9 cm³/mol. The number of carbonyl (C=O) groups is 1.